The first kappa shape index (κ1) is 9.82. The average Bonchev–Trinajstić information content (AvgIpc) is 2.60. The van der Waals surface area contributed by atoms with Gasteiger partial charge in [0, 0.05) is 6.54 Å². The van der Waals surface area contributed by atoms with E-state index in [0.717, 1.165) is 6.42 Å². The summed E-state index contributed by atoms with van der Waals surface area (Å²) in [6.45, 7) is 2.18. The molecule has 0 bridgehead atoms. The Hall–Kier alpha value is -1.72. The van der Waals surface area contributed by atoms with Gasteiger partial charge in [0.1, 0.15) is 11.5 Å². The molecule has 0 saturated carbocycles. The van der Waals surface area contributed by atoms with Gasteiger partial charge in [-0.15, -0.1) is 0 Å². The second kappa shape index (κ2) is 3.45. The lowest BCUT2D eigenvalue weighted by molar-refractivity contribution is -0.390. The lowest BCUT2D eigenvalue weighted by atomic mass is 9.92. The zero-order chi connectivity index (χ0) is 11.0. The number of hydrogen-bond donors (Lipinski definition) is 0. The van der Waals surface area contributed by atoms with Gasteiger partial charge in [-0.25, -0.2) is 0 Å². The molecule has 1 aliphatic rings. The molecule has 0 aliphatic carbocycles. The Morgan fingerprint density at radius 1 is 1.73 bits per heavy atom. The molecular weight excluding hydrogens is 198 g/mol. The van der Waals surface area contributed by atoms with Gasteiger partial charge in [-0.1, -0.05) is 0 Å². The van der Waals surface area contributed by atoms with Crippen molar-refractivity contribution < 1.29 is 9.72 Å². The summed E-state index contributed by atoms with van der Waals surface area (Å²) in [5.74, 6) is -0.559. The Balaban J connectivity index is 2.52. The topological polar surface area (TPSA) is 78.0 Å². The van der Waals surface area contributed by atoms with Crippen LogP contribution in [0.3, 0.4) is 0 Å². The number of aryl methyl sites for hydroxylation is 1. The smallest absolute Gasteiger partial charge is 0.358 e. The van der Waals surface area contributed by atoms with Gasteiger partial charge in [-0.05, 0) is 29.7 Å². The number of hydrogen-bond acceptors (Lipinski definition) is 4. The molecule has 2 heterocycles. The standard InChI is InChI=1S/C9H11N3O3/c1-6(13)7-3-2-4-11-5-10-9(8(7)11)12(14)15/h5,7H,2-4H2,1H3. The molecule has 2 rings (SSSR count). The highest BCUT2D eigenvalue weighted by Crippen LogP contribution is 2.33. The Labute approximate surface area is 86.1 Å². The number of imidazole rings is 1. The lowest BCUT2D eigenvalue weighted by Crippen LogP contribution is -2.20. The van der Waals surface area contributed by atoms with E-state index < -0.39 is 4.92 Å². The predicted octanol–water partition coefficient (Wildman–Crippen LogP) is 1.26. The molecule has 0 aromatic carbocycles. The number of carbonyl (C=O) groups excluding carboxylic acids is 1. The molecule has 1 unspecified atom stereocenters. The van der Waals surface area contributed by atoms with Crippen molar-refractivity contribution in [2.75, 3.05) is 0 Å². The number of ketones is 1. The third kappa shape index (κ3) is 1.51. The number of nitro groups is 1. The van der Waals surface area contributed by atoms with Crippen molar-refractivity contribution in [3.05, 3.63) is 22.1 Å². The van der Waals surface area contributed by atoms with Crippen LogP contribution in [0.25, 0.3) is 0 Å². The van der Waals surface area contributed by atoms with Crippen LogP contribution >= 0.6 is 0 Å². The molecule has 15 heavy (non-hydrogen) atoms. The molecule has 0 fully saturated rings. The first-order valence-electron chi connectivity index (χ1n) is 4.81. The third-order valence-corrected chi connectivity index (χ3v) is 2.74. The van der Waals surface area contributed by atoms with E-state index in [9.17, 15) is 14.9 Å². The van der Waals surface area contributed by atoms with Crippen molar-refractivity contribution in [3.8, 4) is 0 Å². The molecule has 1 aromatic rings. The number of carbonyl (C=O) groups is 1. The van der Waals surface area contributed by atoms with Crippen LogP contribution in [-0.4, -0.2) is 20.3 Å². The Morgan fingerprint density at radius 3 is 3.07 bits per heavy atom. The van der Waals surface area contributed by atoms with E-state index in [1.54, 1.807) is 4.57 Å². The van der Waals surface area contributed by atoms with Crippen LogP contribution in [0.2, 0.25) is 0 Å². The quantitative estimate of drug-likeness (QED) is 0.542. The summed E-state index contributed by atoms with van der Waals surface area (Å²) in [7, 11) is 0. The average molecular weight is 209 g/mol. The van der Waals surface area contributed by atoms with E-state index in [0.29, 0.717) is 18.7 Å². The molecule has 1 aliphatic heterocycles. The van der Waals surface area contributed by atoms with Crippen LogP contribution < -0.4 is 0 Å². The van der Waals surface area contributed by atoms with Gasteiger partial charge >= 0.3 is 5.82 Å². The maximum atomic E-state index is 11.4. The summed E-state index contributed by atoms with van der Waals surface area (Å²) in [5, 5.41) is 10.7. The van der Waals surface area contributed by atoms with E-state index in [1.807, 2.05) is 0 Å². The van der Waals surface area contributed by atoms with Crippen LogP contribution in [-0.2, 0) is 11.3 Å². The largest absolute Gasteiger partial charge is 0.385 e. The summed E-state index contributed by atoms with van der Waals surface area (Å²) >= 11 is 0. The first-order valence-corrected chi connectivity index (χ1v) is 4.81. The number of rotatable bonds is 2. The fourth-order valence-corrected chi connectivity index (χ4v) is 2.05. The van der Waals surface area contributed by atoms with Crippen LogP contribution in [0.5, 0.6) is 0 Å². The Morgan fingerprint density at radius 2 is 2.47 bits per heavy atom. The van der Waals surface area contributed by atoms with E-state index in [4.69, 9.17) is 0 Å². The fraction of sp³-hybridized carbons (Fsp3) is 0.556. The molecule has 0 amide bonds. The highest BCUT2D eigenvalue weighted by molar-refractivity contribution is 5.84. The minimum Gasteiger partial charge on any atom is -0.358 e. The number of aromatic nitrogens is 2. The second-order valence-corrected chi connectivity index (χ2v) is 3.71. The second-order valence-electron chi connectivity index (χ2n) is 3.71. The van der Waals surface area contributed by atoms with Crippen LogP contribution in [0.4, 0.5) is 5.82 Å². The number of nitrogens with zero attached hydrogens (tertiary/aromatic N) is 3. The van der Waals surface area contributed by atoms with Crippen molar-refractivity contribution in [1.82, 2.24) is 9.55 Å². The van der Waals surface area contributed by atoms with Gasteiger partial charge in [0.25, 0.3) is 0 Å². The molecule has 0 radical (unpaired) electrons. The minimum absolute atomic E-state index is 0.0282. The van der Waals surface area contributed by atoms with Gasteiger partial charge < -0.3 is 14.7 Å². The van der Waals surface area contributed by atoms with Crippen LogP contribution in [0.15, 0.2) is 6.33 Å². The monoisotopic (exact) mass is 209 g/mol. The van der Waals surface area contributed by atoms with E-state index in [2.05, 4.69) is 4.98 Å². The van der Waals surface area contributed by atoms with Crippen molar-refractivity contribution in [1.29, 1.82) is 0 Å². The summed E-state index contributed by atoms with van der Waals surface area (Å²) in [6.07, 6.45) is 3.00. The molecule has 80 valence electrons. The summed E-state index contributed by atoms with van der Waals surface area (Å²) in [4.78, 5) is 25.3. The molecular formula is C9H11N3O3. The van der Waals surface area contributed by atoms with E-state index in [1.165, 1.54) is 13.3 Å². The van der Waals surface area contributed by atoms with Crippen molar-refractivity contribution in [2.24, 2.45) is 0 Å². The predicted molar refractivity (Wildman–Crippen MR) is 51.5 cm³/mol. The lowest BCUT2D eigenvalue weighted by Gasteiger charge is -2.20. The minimum atomic E-state index is -0.521. The SMILES string of the molecule is CC(=O)C1CCCn2cnc([N+](=O)[O-])c21. The van der Waals surface area contributed by atoms with E-state index in [-0.39, 0.29) is 17.5 Å². The Kier molecular flexibility index (Phi) is 2.26. The van der Waals surface area contributed by atoms with Crippen molar-refractivity contribution >= 4 is 11.6 Å². The number of fused-ring (bicyclic) bond motifs is 1. The normalized spacial score (nSPS) is 19.7. The Bertz CT molecular complexity index is 424. The van der Waals surface area contributed by atoms with Gasteiger partial charge in [0.15, 0.2) is 0 Å². The van der Waals surface area contributed by atoms with Gasteiger partial charge in [0.05, 0.1) is 5.92 Å². The van der Waals surface area contributed by atoms with Crippen molar-refractivity contribution in [3.63, 3.8) is 0 Å². The highest BCUT2D eigenvalue weighted by Gasteiger charge is 2.33. The van der Waals surface area contributed by atoms with Gasteiger partial charge in [0.2, 0.25) is 6.33 Å². The molecule has 1 atom stereocenters. The summed E-state index contributed by atoms with van der Waals surface area (Å²) in [6, 6.07) is 0. The molecule has 0 spiro atoms. The number of Topliss-reactive ketones (excluding diaryl/α,β-unsaturated/α-hetero) is 1. The summed E-state index contributed by atoms with van der Waals surface area (Å²) in [5.41, 5.74) is 0.471. The van der Waals surface area contributed by atoms with Crippen LogP contribution in [0.1, 0.15) is 31.4 Å². The molecule has 0 saturated heterocycles. The molecule has 0 N–H and O–H groups in total. The van der Waals surface area contributed by atoms with Crippen molar-refractivity contribution in [2.45, 2.75) is 32.2 Å². The zero-order valence-corrected chi connectivity index (χ0v) is 8.34. The van der Waals surface area contributed by atoms with Gasteiger partial charge in [-0.2, -0.15) is 0 Å². The maximum Gasteiger partial charge on any atom is 0.385 e. The fourth-order valence-electron chi connectivity index (χ4n) is 2.05. The molecule has 6 heteroatoms. The first-order chi connectivity index (χ1) is 7.11. The van der Waals surface area contributed by atoms with Gasteiger partial charge in [-0.3, -0.25) is 4.79 Å². The summed E-state index contributed by atoms with van der Waals surface area (Å²) < 4.78 is 1.72. The molecule has 6 nitrogen and oxygen atoms in total. The maximum absolute atomic E-state index is 11.4. The third-order valence-electron chi connectivity index (χ3n) is 2.74. The highest BCUT2D eigenvalue weighted by atomic mass is 16.6. The van der Waals surface area contributed by atoms with E-state index >= 15 is 0 Å². The van der Waals surface area contributed by atoms with Crippen LogP contribution in [0, 0.1) is 10.1 Å². The molecule has 1 aromatic heterocycles. The zero-order valence-electron chi connectivity index (χ0n) is 8.34.